The maximum atomic E-state index is 12.4. The Balaban J connectivity index is 1.27. The van der Waals surface area contributed by atoms with E-state index in [9.17, 15) is 4.79 Å². The van der Waals surface area contributed by atoms with Crippen LogP contribution in [0.25, 0.3) is 28.1 Å². The molecule has 0 saturated heterocycles. The summed E-state index contributed by atoms with van der Waals surface area (Å²) in [7, 11) is 0. The number of benzene rings is 2. The Morgan fingerprint density at radius 3 is 2.86 bits per heavy atom. The number of carbonyl (C=O) groups excluding carboxylic acids is 1. The van der Waals surface area contributed by atoms with Gasteiger partial charge in [0.15, 0.2) is 10.3 Å². The topological polar surface area (TPSA) is 88.0 Å². The molecule has 0 spiro atoms. The van der Waals surface area contributed by atoms with E-state index in [1.54, 1.807) is 0 Å². The Labute approximate surface area is 178 Å². The number of thioether (sulfide) groups is 1. The Morgan fingerprint density at radius 1 is 1.17 bits per heavy atom. The number of rotatable bonds is 5. The van der Waals surface area contributed by atoms with Crippen LogP contribution in [0.1, 0.15) is 0 Å². The highest BCUT2D eigenvalue weighted by atomic mass is 35.5. The molecule has 2 N–H and O–H groups in total. The van der Waals surface area contributed by atoms with Crippen molar-refractivity contribution in [2.45, 2.75) is 5.16 Å². The number of thiazole rings is 1. The second kappa shape index (κ2) is 7.51. The number of nitrogens with one attached hydrogen (secondary N) is 2. The van der Waals surface area contributed by atoms with Gasteiger partial charge in [-0.15, -0.1) is 16.4 Å². The molecule has 5 aromatic rings. The Morgan fingerprint density at radius 2 is 2.00 bits per heavy atom. The van der Waals surface area contributed by atoms with Crippen molar-refractivity contribution < 1.29 is 4.79 Å². The van der Waals surface area contributed by atoms with Gasteiger partial charge in [0.05, 0.1) is 22.5 Å². The number of imidazole rings is 1. The van der Waals surface area contributed by atoms with E-state index in [4.69, 9.17) is 11.6 Å². The van der Waals surface area contributed by atoms with Crippen molar-refractivity contribution in [2.75, 3.05) is 11.1 Å². The third-order valence-electron chi connectivity index (χ3n) is 4.23. The first-order chi connectivity index (χ1) is 14.2. The third kappa shape index (κ3) is 3.59. The predicted molar refractivity (Wildman–Crippen MR) is 117 cm³/mol. The fraction of sp³-hybridized carbons (Fsp3) is 0.0526. The minimum Gasteiger partial charge on any atom is -0.301 e. The van der Waals surface area contributed by atoms with E-state index >= 15 is 0 Å². The number of carbonyl (C=O) groups is 1. The van der Waals surface area contributed by atoms with Gasteiger partial charge in [0, 0.05) is 16.0 Å². The minimum absolute atomic E-state index is 0.146. The zero-order valence-electron chi connectivity index (χ0n) is 14.8. The fourth-order valence-electron chi connectivity index (χ4n) is 2.91. The second-order valence-electron chi connectivity index (χ2n) is 6.15. The van der Waals surface area contributed by atoms with Crippen LogP contribution in [0.3, 0.4) is 0 Å². The predicted octanol–water partition coefficient (Wildman–Crippen LogP) is 4.72. The molecule has 7 nitrogen and oxygen atoms in total. The van der Waals surface area contributed by atoms with Gasteiger partial charge in [-0.2, -0.15) is 0 Å². The molecule has 144 valence electrons. The summed E-state index contributed by atoms with van der Waals surface area (Å²) in [6.07, 6.45) is 0. The molecular formula is C19H13ClN6OS2. The zero-order chi connectivity index (χ0) is 19.8. The van der Waals surface area contributed by atoms with E-state index < -0.39 is 0 Å². The number of para-hydroxylation sites is 2. The summed E-state index contributed by atoms with van der Waals surface area (Å²) >= 11 is 8.64. The average Bonchev–Trinajstić information content (AvgIpc) is 3.42. The van der Waals surface area contributed by atoms with Crippen LogP contribution >= 0.6 is 34.7 Å². The highest BCUT2D eigenvalue weighted by Crippen LogP contribution is 2.27. The number of hydrogen-bond donors (Lipinski definition) is 2. The smallest absolute Gasteiger partial charge is 0.236 e. The lowest BCUT2D eigenvalue weighted by atomic mass is 10.2. The largest absolute Gasteiger partial charge is 0.301 e. The lowest BCUT2D eigenvalue weighted by Gasteiger charge is -2.01. The van der Waals surface area contributed by atoms with Crippen LogP contribution in [-0.2, 0) is 4.79 Å². The van der Waals surface area contributed by atoms with Crippen LogP contribution in [0.4, 0.5) is 5.13 Å². The molecule has 0 aliphatic rings. The van der Waals surface area contributed by atoms with Gasteiger partial charge >= 0.3 is 0 Å². The number of aromatic amines is 1. The van der Waals surface area contributed by atoms with E-state index in [0.717, 1.165) is 22.3 Å². The SMILES string of the molecule is O=C(CSc1n[nH]c2nc3ccccc3n12)Nc1nc(-c2ccc(Cl)cc2)cs1. The van der Waals surface area contributed by atoms with Crippen molar-refractivity contribution in [3.8, 4) is 11.3 Å². The molecule has 29 heavy (non-hydrogen) atoms. The first-order valence-electron chi connectivity index (χ1n) is 8.63. The van der Waals surface area contributed by atoms with E-state index in [2.05, 4.69) is 25.5 Å². The molecule has 2 aromatic carbocycles. The molecule has 1 amide bonds. The van der Waals surface area contributed by atoms with Crippen LogP contribution in [0.2, 0.25) is 5.02 Å². The first kappa shape index (κ1) is 18.2. The maximum Gasteiger partial charge on any atom is 0.236 e. The lowest BCUT2D eigenvalue weighted by Crippen LogP contribution is -2.14. The van der Waals surface area contributed by atoms with Crippen molar-refractivity contribution in [3.05, 3.63) is 58.9 Å². The van der Waals surface area contributed by atoms with E-state index in [0.29, 0.717) is 21.1 Å². The monoisotopic (exact) mass is 440 g/mol. The number of H-pyrrole nitrogens is 1. The van der Waals surface area contributed by atoms with Crippen molar-refractivity contribution in [1.29, 1.82) is 0 Å². The van der Waals surface area contributed by atoms with Crippen LogP contribution in [-0.4, -0.2) is 36.2 Å². The number of amides is 1. The number of hydrogen-bond acceptors (Lipinski definition) is 6. The van der Waals surface area contributed by atoms with E-state index in [1.807, 2.05) is 58.3 Å². The standard InChI is InChI=1S/C19H13ClN6OS2/c20-12-7-5-11(6-8-12)14-9-28-18(22-14)23-16(27)10-29-19-25-24-17-21-13-3-1-2-4-15(13)26(17)19/h1-9H,10H2,(H,21,24)(H,22,23,27). The van der Waals surface area contributed by atoms with Gasteiger partial charge in [0.25, 0.3) is 0 Å². The van der Waals surface area contributed by atoms with Crippen molar-refractivity contribution >= 4 is 62.5 Å². The molecule has 0 aliphatic heterocycles. The van der Waals surface area contributed by atoms with Gasteiger partial charge in [0.1, 0.15) is 0 Å². The molecule has 0 atom stereocenters. The van der Waals surface area contributed by atoms with Crippen molar-refractivity contribution in [3.63, 3.8) is 0 Å². The zero-order valence-corrected chi connectivity index (χ0v) is 17.2. The Bertz CT molecular complexity index is 1320. The van der Waals surface area contributed by atoms with Gasteiger partial charge < -0.3 is 5.32 Å². The highest BCUT2D eigenvalue weighted by Gasteiger charge is 2.14. The summed E-state index contributed by atoms with van der Waals surface area (Å²) in [6, 6.07) is 15.2. The van der Waals surface area contributed by atoms with Gasteiger partial charge in [-0.3, -0.25) is 9.20 Å². The summed E-state index contributed by atoms with van der Waals surface area (Å²) in [5.41, 5.74) is 3.58. The summed E-state index contributed by atoms with van der Waals surface area (Å²) in [5, 5.41) is 13.8. The summed E-state index contributed by atoms with van der Waals surface area (Å²) in [5.74, 6) is 0.719. The highest BCUT2D eigenvalue weighted by molar-refractivity contribution is 7.99. The number of halogens is 1. The van der Waals surface area contributed by atoms with Crippen LogP contribution in [0.5, 0.6) is 0 Å². The van der Waals surface area contributed by atoms with Crippen LogP contribution in [0, 0.1) is 0 Å². The number of fused-ring (bicyclic) bond motifs is 3. The van der Waals surface area contributed by atoms with Gasteiger partial charge in [0.2, 0.25) is 11.7 Å². The Kier molecular flexibility index (Phi) is 4.70. The third-order valence-corrected chi connectivity index (χ3v) is 6.17. The molecule has 0 radical (unpaired) electrons. The summed E-state index contributed by atoms with van der Waals surface area (Å²) in [6.45, 7) is 0. The van der Waals surface area contributed by atoms with E-state index in [1.165, 1.54) is 23.1 Å². The first-order valence-corrected chi connectivity index (χ1v) is 10.9. The molecule has 0 saturated carbocycles. The number of anilines is 1. The molecule has 0 fully saturated rings. The van der Waals surface area contributed by atoms with Crippen molar-refractivity contribution in [1.82, 2.24) is 24.6 Å². The summed E-state index contributed by atoms with van der Waals surface area (Å²) in [4.78, 5) is 21.3. The maximum absolute atomic E-state index is 12.4. The molecule has 10 heteroatoms. The molecule has 0 unspecified atom stereocenters. The molecular weight excluding hydrogens is 428 g/mol. The number of nitrogens with zero attached hydrogens (tertiary/aromatic N) is 4. The fourth-order valence-corrected chi connectivity index (χ4v) is 4.53. The van der Waals surface area contributed by atoms with Gasteiger partial charge in [-0.25, -0.2) is 15.1 Å². The molecule has 5 rings (SSSR count). The average molecular weight is 441 g/mol. The minimum atomic E-state index is -0.146. The van der Waals surface area contributed by atoms with Crippen molar-refractivity contribution in [2.24, 2.45) is 0 Å². The second-order valence-corrected chi connectivity index (χ2v) is 8.38. The normalized spacial score (nSPS) is 11.3. The van der Waals surface area contributed by atoms with Crippen LogP contribution < -0.4 is 5.32 Å². The summed E-state index contributed by atoms with van der Waals surface area (Å²) < 4.78 is 1.91. The number of aromatic nitrogens is 5. The lowest BCUT2D eigenvalue weighted by molar-refractivity contribution is -0.113. The molecule has 0 bridgehead atoms. The molecule has 3 heterocycles. The van der Waals surface area contributed by atoms with Gasteiger partial charge in [-0.05, 0) is 24.3 Å². The molecule has 0 aliphatic carbocycles. The molecule has 3 aromatic heterocycles. The van der Waals surface area contributed by atoms with Gasteiger partial charge in [-0.1, -0.05) is 47.6 Å². The van der Waals surface area contributed by atoms with E-state index in [-0.39, 0.29) is 11.7 Å². The quantitative estimate of drug-likeness (QED) is 0.386. The van der Waals surface area contributed by atoms with Crippen LogP contribution in [0.15, 0.2) is 59.1 Å². The Hall–Kier alpha value is -2.88.